The summed E-state index contributed by atoms with van der Waals surface area (Å²) in [5, 5.41) is 2.74. The van der Waals surface area contributed by atoms with Gasteiger partial charge in [-0.05, 0) is 31.4 Å². The fourth-order valence-corrected chi connectivity index (χ4v) is 2.88. The predicted molar refractivity (Wildman–Crippen MR) is 79.4 cm³/mol. The molecule has 2 aliphatic rings. The lowest BCUT2D eigenvalue weighted by molar-refractivity contribution is -0.274. The number of benzene rings is 1. The molecule has 1 heterocycles. The number of nitrogens with one attached hydrogen (secondary N) is 1. The summed E-state index contributed by atoms with van der Waals surface area (Å²) >= 11 is 0. The van der Waals surface area contributed by atoms with Crippen molar-refractivity contribution < 1.29 is 27.5 Å². The molecule has 1 saturated carbocycles. The molecule has 1 aliphatic heterocycles. The van der Waals surface area contributed by atoms with Crippen LogP contribution in [0, 0.1) is 5.92 Å². The minimum Gasteiger partial charge on any atom is -0.406 e. The lowest BCUT2D eigenvalue weighted by Gasteiger charge is -2.25. The van der Waals surface area contributed by atoms with Gasteiger partial charge in [0.1, 0.15) is 11.8 Å². The normalized spacial score (nSPS) is 21.5. The van der Waals surface area contributed by atoms with Crippen LogP contribution in [0.4, 0.5) is 18.9 Å². The molecule has 1 N–H and O–H groups in total. The van der Waals surface area contributed by atoms with Gasteiger partial charge in [0.25, 0.3) is 0 Å². The van der Waals surface area contributed by atoms with E-state index in [2.05, 4.69) is 10.1 Å². The third-order valence-electron chi connectivity index (χ3n) is 4.36. The summed E-state index contributed by atoms with van der Waals surface area (Å²) in [5.41, 5.74) is 0.321. The summed E-state index contributed by atoms with van der Waals surface area (Å²) in [5.74, 6) is -0.826. The van der Waals surface area contributed by atoms with Crippen molar-refractivity contribution >= 4 is 17.5 Å². The maximum Gasteiger partial charge on any atom is 0.573 e. The average molecular weight is 342 g/mol. The molecular weight excluding hydrogens is 325 g/mol. The molecule has 1 aromatic carbocycles. The van der Waals surface area contributed by atoms with Crippen LogP contribution in [0.2, 0.25) is 0 Å². The topological polar surface area (TPSA) is 58.6 Å². The van der Waals surface area contributed by atoms with Gasteiger partial charge in [-0.15, -0.1) is 13.2 Å². The molecule has 130 valence electrons. The molecule has 8 heteroatoms. The first-order valence-electron chi connectivity index (χ1n) is 7.81. The predicted octanol–water partition coefficient (Wildman–Crippen LogP) is 2.61. The van der Waals surface area contributed by atoms with E-state index >= 15 is 0 Å². The van der Waals surface area contributed by atoms with Gasteiger partial charge in [0.2, 0.25) is 11.8 Å². The molecule has 0 bridgehead atoms. The molecule has 0 aromatic heterocycles. The molecule has 0 spiro atoms. The highest BCUT2D eigenvalue weighted by molar-refractivity contribution is 6.01. The van der Waals surface area contributed by atoms with Crippen molar-refractivity contribution in [1.82, 2.24) is 5.32 Å². The van der Waals surface area contributed by atoms with Crippen LogP contribution in [0.5, 0.6) is 5.75 Å². The van der Waals surface area contributed by atoms with Gasteiger partial charge in [0.15, 0.2) is 0 Å². The molecular formula is C16H17F3N2O3. The van der Waals surface area contributed by atoms with Crippen molar-refractivity contribution in [3.8, 4) is 5.75 Å². The quantitative estimate of drug-likeness (QED) is 0.915. The number of anilines is 1. The second-order valence-electron chi connectivity index (χ2n) is 6.01. The van der Waals surface area contributed by atoms with Gasteiger partial charge in [-0.1, -0.05) is 12.5 Å². The highest BCUT2D eigenvalue weighted by Gasteiger charge is 2.36. The summed E-state index contributed by atoms with van der Waals surface area (Å²) in [6, 6.07) is 4.65. The van der Waals surface area contributed by atoms with Crippen molar-refractivity contribution in [2.75, 3.05) is 11.4 Å². The molecule has 3 rings (SSSR count). The number of nitrogens with zero attached hydrogens (tertiary/aromatic N) is 1. The second kappa shape index (κ2) is 6.33. The molecule has 1 saturated heterocycles. The van der Waals surface area contributed by atoms with Crippen LogP contribution < -0.4 is 15.0 Å². The lowest BCUT2D eigenvalue weighted by atomic mass is 9.84. The van der Waals surface area contributed by atoms with Crippen LogP contribution in [0.1, 0.15) is 25.7 Å². The van der Waals surface area contributed by atoms with E-state index in [0.717, 1.165) is 19.3 Å². The van der Waals surface area contributed by atoms with Crippen molar-refractivity contribution in [1.29, 1.82) is 0 Å². The molecule has 2 amide bonds. The Morgan fingerprint density at radius 1 is 1.25 bits per heavy atom. The Bertz CT molecular complexity index is 644. The van der Waals surface area contributed by atoms with E-state index < -0.39 is 12.4 Å². The van der Waals surface area contributed by atoms with E-state index in [9.17, 15) is 22.8 Å². The first-order chi connectivity index (χ1) is 11.3. The Hall–Kier alpha value is -2.25. The van der Waals surface area contributed by atoms with Crippen molar-refractivity contribution in [3.63, 3.8) is 0 Å². The van der Waals surface area contributed by atoms with Crippen LogP contribution in [-0.2, 0) is 9.59 Å². The molecule has 1 atom stereocenters. The summed E-state index contributed by atoms with van der Waals surface area (Å²) < 4.78 is 40.8. The fourth-order valence-electron chi connectivity index (χ4n) is 2.88. The zero-order chi connectivity index (χ0) is 17.3. The van der Waals surface area contributed by atoms with E-state index in [-0.39, 0.29) is 23.5 Å². The highest BCUT2D eigenvalue weighted by atomic mass is 19.4. The SMILES string of the molecule is O=C(N[C@H]1CCN(c2cccc(OC(F)(F)F)c2)C1=O)C1CCC1. The smallest absolute Gasteiger partial charge is 0.406 e. The van der Waals surface area contributed by atoms with Crippen LogP contribution in [0.25, 0.3) is 0 Å². The second-order valence-corrected chi connectivity index (χ2v) is 6.01. The van der Waals surface area contributed by atoms with Gasteiger partial charge in [0, 0.05) is 24.2 Å². The lowest BCUT2D eigenvalue weighted by Crippen LogP contribution is -2.45. The first kappa shape index (κ1) is 16.6. The Balaban J connectivity index is 1.66. The Morgan fingerprint density at radius 2 is 2.00 bits per heavy atom. The minimum absolute atomic E-state index is 0.0182. The summed E-state index contributed by atoms with van der Waals surface area (Å²) in [6.45, 7) is 0.337. The number of amides is 2. The van der Waals surface area contributed by atoms with E-state index in [1.54, 1.807) is 0 Å². The van der Waals surface area contributed by atoms with E-state index in [0.29, 0.717) is 18.7 Å². The zero-order valence-electron chi connectivity index (χ0n) is 12.8. The van der Waals surface area contributed by atoms with Gasteiger partial charge >= 0.3 is 6.36 Å². The fraction of sp³-hybridized carbons (Fsp3) is 0.500. The van der Waals surface area contributed by atoms with Gasteiger partial charge in [-0.25, -0.2) is 0 Å². The third-order valence-corrected chi connectivity index (χ3v) is 4.36. The summed E-state index contributed by atoms with van der Waals surface area (Å²) in [6.07, 6.45) is -1.65. The number of rotatable bonds is 4. The number of hydrogen-bond donors (Lipinski definition) is 1. The largest absolute Gasteiger partial charge is 0.573 e. The van der Waals surface area contributed by atoms with Crippen molar-refractivity contribution in [2.45, 2.75) is 38.1 Å². The number of alkyl halides is 3. The van der Waals surface area contributed by atoms with Crippen molar-refractivity contribution in [2.24, 2.45) is 5.92 Å². The minimum atomic E-state index is -4.78. The Labute approximate surface area is 136 Å². The van der Waals surface area contributed by atoms with E-state index in [4.69, 9.17) is 0 Å². The van der Waals surface area contributed by atoms with Crippen LogP contribution in [0.3, 0.4) is 0 Å². The van der Waals surface area contributed by atoms with Crippen LogP contribution in [0.15, 0.2) is 24.3 Å². The zero-order valence-corrected chi connectivity index (χ0v) is 12.8. The third kappa shape index (κ3) is 3.63. The van der Waals surface area contributed by atoms with Gasteiger partial charge in [-0.3, -0.25) is 9.59 Å². The van der Waals surface area contributed by atoms with Gasteiger partial charge in [-0.2, -0.15) is 0 Å². The Kier molecular flexibility index (Phi) is 4.38. The molecule has 5 nitrogen and oxygen atoms in total. The molecule has 1 aromatic rings. The van der Waals surface area contributed by atoms with Crippen molar-refractivity contribution in [3.05, 3.63) is 24.3 Å². The molecule has 0 radical (unpaired) electrons. The molecule has 24 heavy (non-hydrogen) atoms. The average Bonchev–Trinajstić information content (AvgIpc) is 2.76. The number of carbonyl (C=O) groups excluding carboxylic acids is 2. The molecule has 1 aliphatic carbocycles. The summed E-state index contributed by atoms with van der Waals surface area (Å²) in [4.78, 5) is 25.7. The van der Waals surface area contributed by atoms with E-state index in [1.807, 2.05) is 0 Å². The Morgan fingerprint density at radius 3 is 2.62 bits per heavy atom. The number of ether oxygens (including phenoxy) is 1. The maximum absolute atomic E-state index is 12.4. The van der Waals surface area contributed by atoms with Crippen LogP contribution >= 0.6 is 0 Å². The maximum atomic E-state index is 12.4. The molecule has 0 unspecified atom stereocenters. The molecule has 2 fully saturated rings. The standard InChI is InChI=1S/C16H17F3N2O3/c17-16(18,19)24-12-6-2-5-11(9-12)21-8-7-13(15(21)23)20-14(22)10-3-1-4-10/h2,5-6,9-10,13H,1,3-4,7-8H2,(H,20,22)/t13-/m0/s1. The first-order valence-corrected chi connectivity index (χ1v) is 7.81. The van der Waals surface area contributed by atoms with Gasteiger partial charge < -0.3 is 15.0 Å². The monoisotopic (exact) mass is 342 g/mol. The number of hydrogen-bond acceptors (Lipinski definition) is 3. The summed E-state index contributed by atoms with van der Waals surface area (Å²) in [7, 11) is 0. The van der Waals surface area contributed by atoms with E-state index in [1.165, 1.54) is 29.2 Å². The van der Waals surface area contributed by atoms with Crippen LogP contribution in [-0.4, -0.2) is 30.8 Å². The highest BCUT2D eigenvalue weighted by Crippen LogP contribution is 2.30. The number of halogens is 3. The van der Waals surface area contributed by atoms with Gasteiger partial charge in [0.05, 0.1) is 0 Å². The number of carbonyl (C=O) groups is 2.